The number of halogens is 4. The molecule has 17 heavy (non-hydrogen) atoms. The fraction of sp³-hybridized carbons (Fsp3) is 0.100. The number of ether oxygens (including phenoxy) is 1. The third-order valence-electron chi connectivity index (χ3n) is 1.97. The van der Waals surface area contributed by atoms with Gasteiger partial charge < -0.3 is 9.72 Å². The van der Waals surface area contributed by atoms with Crippen molar-refractivity contribution in [3.05, 3.63) is 35.7 Å². The smallest absolute Gasteiger partial charge is 0.404 e. The zero-order valence-electron chi connectivity index (χ0n) is 8.25. The van der Waals surface area contributed by atoms with Crippen LogP contribution < -0.4 is 4.74 Å². The summed E-state index contributed by atoms with van der Waals surface area (Å²) in [6, 6.07) is 3.99. The fourth-order valence-corrected chi connectivity index (χ4v) is 1.51. The van der Waals surface area contributed by atoms with Crippen LogP contribution in [-0.4, -0.2) is 16.3 Å². The van der Waals surface area contributed by atoms with E-state index in [1.165, 1.54) is 24.7 Å². The molecule has 0 amide bonds. The van der Waals surface area contributed by atoms with Gasteiger partial charge in [0.1, 0.15) is 5.75 Å². The molecule has 2 rings (SSSR count). The van der Waals surface area contributed by atoms with E-state index in [9.17, 15) is 13.2 Å². The molecule has 2 aromatic rings. The summed E-state index contributed by atoms with van der Waals surface area (Å²) in [5.74, 6) is -0.428. The van der Waals surface area contributed by atoms with Crippen molar-refractivity contribution in [1.29, 1.82) is 0 Å². The van der Waals surface area contributed by atoms with Crippen molar-refractivity contribution in [2.45, 2.75) is 6.36 Å². The summed E-state index contributed by atoms with van der Waals surface area (Å²) < 4.78 is 39.7. The molecule has 0 saturated carbocycles. The number of hydrogen-bond donors (Lipinski definition) is 1. The Morgan fingerprint density at radius 3 is 2.59 bits per heavy atom. The average Bonchev–Trinajstić information content (AvgIpc) is 2.72. The van der Waals surface area contributed by atoms with Gasteiger partial charge in [-0.05, 0) is 18.2 Å². The predicted octanol–water partition coefficient (Wildman–Crippen LogP) is 3.63. The van der Waals surface area contributed by atoms with Crippen LogP contribution in [0.3, 0.4) is 0 Å². The molecule has 0 aliphatic carbocycles. The molecule has 7 heteroatoms. The van der Waals surface area contributed by atoms with Gasteiger partial charge in [-0.15, -0.1) is 13.2 Å². The summed E-state index contributed by atoms with van der Waals surface area (Å²) in [5, 5.41) is -0.116. The van der Waals surface area contributed by atoms with Crippen molar-refractivity contribution in [2.75, 3.05) is 0 Å². The van der Waals surface area contributed by atoms with Crippen molar-refractivity contribution >= 4 is 11.6 Å². The quantitative estimate of drug-likeness (QED) is 0.897. The van der Waals surface area contributed by atoms with Gasteiger partial charge in [0, 0.05) is 5.56 Å². The number of rotatable bonds is 2. The van der Waals surface area contributed by atoms with Crippen LogP contribution in [0.5, 0.6) is 5.75 Å². The highest BCUT2D eigenvalue weighted by atomic mass is 35.5. The predicted molar refractivity (Wildman–Crippen MR) is 55.7 cm³/mol. The van der Waals surface area contributed by atoms with E-state index in [0.717, 1.165) is 6.07 Å². The summed E-state index contributed by atoms with van der Waals surface area (Å²) in [5.41, 5.74) is 1.28. The molecule has 0 saturated heterocycles. The monoisotopic (exact) mass is 262 g/mol. The average molecular weight is 263 g/mol. The summed E-state index contributed by atoms with van der Waals surface area (Å²) in [6.07, 6.45) is -1.75. The van der Waals surface area contributed by atoms with Gasteiger partial charge in [0.2, 0.25) is 0 Å². The number of hydrogen-bond acceptors (Lipinski definition) is 2. The summed E-state index contributed by atoms with van der Waals surface area (Å²) in [7, 11) is 0. The molecule has 0 aliphatic rings. The molecule has 0 aliphatic heterocycles. The summed E-state index contributed by atoms with van der Waals surface area (Å²) in [4.78, 5) is 6.62. The van der Waals surface area contributed by atoms with Gasteiger partial charge >= 0.3 is 6.36 Å². The highest BCUT2D eigenvalue weighted by molar-refractivity contribution is 6.32. The van der Waals surface area contributed by atoms with E-state index in [0.29, 0.717) is 11.3 Å². The number of alkyl halides is 3. The van der Waals surface area contributed by atoms with Gasteiger partial charge in [0.15, 0.2) is 0 Å². The molecule has 1 N–H and O–H groups in total. The number of nitrogens with one attached hydrogen (secondary N) is 1. The largest absolute Gasteiger partial charge is 0.573 e. The second-order valence-electron chi connectivity index (χ2n) is 3.16. The first-order valence-corrected chi connectivity index (χ1v) is 4.87. The lowest BCUT2D eigenvalue weighted by Crippen LogP contribution is -2.17. The third kappa shape index (κ3) is 2.91. The van der Waals surface area contributed by atoms with Crippen LogP contribution in [0.25, 0.3) is 11.3 Å². The standard InChI is InChI=1S/C10H6ClF3N2O/c11-7-3-6(8-4-15-5-16-8)1-2-9(7)17-10(12,13)14/h1-5H,(H,15,16). The molecule has 0 bridgehead atoms. The van der Waals surface area contributed by atoms with Crippen LogP contribution in [0, 0.1) is 0 Å². The van der Waals surface area contributed by atoms with Crippen LogP contribution in [0.15, 0.2) is 30.7 Å². The minimum absolute atomic E-state index is 0.116. The second-order valence-corrected chi connectivity index (χ2v) is 3.57. The van der Waals surface area contributed by atoms with Crippen molar-refractivity contribution in [3.63, 3.8) is 0 Å². The lowest BCUT2D eigenvalue weighted by atomic mass is 10.1. The van der Waals surface area contributed by atoms with Crippen LogP contribution in [0.4, 0.5) is 13.2 Å². The van der Waals surface area contributed by atoms with E-state index in [-0.39, 0.29) is 5.02 Å². The number of nitrogens with zero attached hydrogens (tertiary/aromatic N) is 1. The number of aromatic nitrogens is 2. The Morgan fingerprint density at radius 1 is 1.29 bits per heavy atom. The zero-order chi connectivity index (χ0) is 12.5. The van der Waals surface area contributed by atoms with Gasteiger partial charge in [-0.2, -0.15) is 0 Å². The Labute approximate surface area is 99.2 Å². The molecule has 0 atom stereocenters. The number of imidazole rings is 1. The minimum atomic E-state index is -4.75. The second kappa shape index (κ2) is 4.29. The van der Waals surface area contributed by atoms with Crippen molar-refractivity contribution < 1.29 is 17.9 Å². The first-order chi connectivity index (χ1) is 7.96. The maximum atomic E-state index is 12.0. The van der Waals surface area contributed by atoms with Crippen LogP contribution in [0.2, 0.25) is 5.02 Å². The number of benzene rings is 1. The Balaban J connectivity index is 2.29. The highest BCUT2D eigenvalue weighted by Crippen LogP contribution is 2.33. The van der Waals surface area contributed by atoms with Gasteiger partial charge in [-0.1, -0.05) is 11.6 Å². The van der Waals surface area contributed by atoms with Crippen molar-refractivity contribution in [3.8, 4) is 17.0 Å². The normalized spacial score (nSPS) is 11.5. The summed E-state index contributed by atoms with van der Waals surface area (Å²) in [6.45, 7) is 0. The molecule has 0 spiro atoms. The third-order valence-corrected chi connectivity index (χ3v) is 2.26. The molecule has 3 nitrogen and oxygen atoms in total. The molecular weight excluding hydrogens is 257 g/mol. The lowest BCUT2D eigenvalue weighted by Gasteiger charge is -2.10. The first kappa shape index (κ1) is 11.8. The van der Waals surface area contributed by atoms with Crippen LogP contribution in [-0.2, 0) is 0 Å². The molecule has 1 aromatic carbocycles. The molecular formula is C10H6ClF3N2O. The fourth-order valence-electron chi connectivity index (χ4n) is 1.29. The maximum absolute atomic E-state index is 12.0. The Hall–Kier alpha value is -1.69. The van der Waals surface area contributed by atoms with E-state index in [2.05, 4.69) is 14.7 Å². The Morgan fingerprint density at radius 2 is 2.06 bits per heavy atom. The van der Waals surface area contributed by atoms with E-state index in [1.807, 2.05) is 0 Å². The molecule has 0 radical (unpaired) electrons. The Kier molecular flexibility index (Phi) is 2.97. The molecule has 1 aromatic heterocycles. The van der Waals surface area contributed by atoms with Gasteiger partial charge in [0.05, 0.1) is 23.2 Å². The van der Waals surface area contributed by atoms with Gasteiger partial charge in [-0.3, -0.25) is 0 Å². The molecule has 1 heterocycles. The highest BCUT2D eigenvalue weighted by Gasteiger charge is 2.32. The van der Waals surface area contributed by atoms with E-state index >= 15 is 0 Å². The maximum Gasteiger partial charge on any atom is 0.573 e. The molecule has 0 fully saturated rings. The van der Waals surface area contributed by atoms with Crippen molar-refractivity contribution in [1.82, 2.24) is 9.97 Å². The van der Waals surface area contributed by atoms with Gasteiger partial charge in [-0.25, -0.2) is 4.98 Å². The lowest BCUT2D eigenvalue weighted by molar-refractivity contribution is -0.274. The Bertz CT molecular complexity index is 511. The minimum Gasteiger partial charge on any atom is -0.404 e. The number of H-pyrrole nitrogens is 1. The first-order valence-electron chi connectivity index (χ1n) is 4.50. The SMILES string of the molecule is FC(F)(F)Oc1ccc(-c2cnc[nH]2)cc1Cl. The summed E-state index contributed by atoms with van der Waals surface area (Å²) >= 11 is 5.69. The molecule has 90 valence electrons. The topological polar surface area (TPSA) is 37.9 Å². The van der Waals surface area contributed by atoms with E-state index in [4.69, 9.17) is 11.6 Å². The zero-order valence-corrected chi connectivity index (χ0v) is 9.01. The van der Waals surface area contributed by atoms with Crippen LogP contribution in [0.1, 0.15) is 0 Å². The van der Waals surface area contributed by atoms with Crippen LogP contribution >= 0.6 is 11.6 Å². The van der Waals surface area contributed by atoms with Crippen molar-refractivity contribution in [2.24, 2.45) is 0 Å². The van der Waals surface area contributed by atoms with E-state index in [1.54, 1.807) is 0 Å². The van der Waals surface area contributed by atoms with Gasteiger partial charge in [0.25, 0.3) is 0 Å². The van der Waals surface area contributed by atoms with E-state index < -0.39 is 12.1 Å². The number of aromatic amines is 1. The molecule has 0 unspecified atom stereocenters.